The van der Waals surface area contributed by atoms with Gasteiger partial charge in [0.2, 0.25) is 0 Å². The fourth-order valence-corrected chi connectivity index (χ4v) is 4.94. The Morgan fingerprint density at radius 1 is 1.19 bits per heavy atom. The van der Waals surface area contributed by atoms with Crippen molar-refractivity contribution in [3.8, 4) is 0 Å². The first-order chi connectivity index (χ1) is 13.2. The number of amidine groups is 1. The average molecular weight is 365 g/mol. The molecule has 2 unspecified atom stereocenters. The molecular weight excluding hydrogens is 332 g/mol. The van der Waals surface area contributed by atoms with E-state index in [0.29, 0.717) is 18.6 Å². The topological polar surface area (TPSA) is 33.6 Å². The summed E-state index contributed by atoms with van der Waals surface area (Å²) < 4.78 is 6.25. The van der Waals surface area contributed by atoms with Crippen LogP contribution in [-0.2, 0) is 10.3 Å². The van der Waals surface area contributed by atoms with Crippen molar-refractivity contribution in [3.05, 3.63) is 60.2 Å². The molecule has 1 heterocycles. The van der Waals surface area contributed by atoms with Crippen LogP contribution in [0.25, 0.3) is 0 Å². The highest BCUT2D eigenvalue weighted by atomic mass is 16.5. The van der Waals surface area contributed by atoms with Gasteiger partial charge in [-0.2, -0.15) is 0 Å². The van der Waals surface area contributed by atoms with E-state index in [9.17, 15) is 0 Å². The van der Waals surface area contributed by atoms with Gasteiger partial charge in [0.15, 0.2) is 0 Å². The van der Waals surface area contributed by atoms with Crippen molar-refractivity contribution in [3.63, 3.8) is 0 Å². The van der Waals surface area contributed by atoms with Crippen molar-refractivity contribution in [2.45, 2.75) is 63.6 Å². The molecule has 0 saturated heterocycles. The van der Waals surface area contributed by atoms with Gasteiger partial charge in [-0.3, -0.25) is 4.99 Å². The number of nitrogens with one attached hydrogen (secondary N) is 1. The summed E-state index contributed by atoms with van der Waals surface area (Å²) in [6.45, 7) is 5.08. The van der Waals surface area contributed by atoms with Gasteiger partial charge < -0.3 is 10.1 Å². The second-order valence-electron chi connectivity index (χ2n) is 8.47. The van der Waals surface area contributed by atoms with Gasteiger partial charge in [0.25, 0.3) is 0 Å². The lowest BCUT2D eigenvalue weighted by Gasteiger charge is -2.34. The first-order valence-electron chi connectivity index (χ1n) is 10.5. The molecule has 3 heteroatoms. The number of aliphatic imine (C=N–C) groups is 1. The molecule has 4 atom stereocenters. The third-order valence-electron chi connectivity index (χ3n) is 6.64. The zero-order valence-corrected chi connectivity index (χ0v) is 16.6. The van der Waals surface area contributed by atoms with E-state index in [1.165, 1.54) is 31.2 Å². The Hall–Kier alpha value is -1.87. The minimum atomic E-state index is -0.267. The molecule has 0 spiro atoms. The molecular formula is C24H32N2O. The van der Waals surface area contributed by atoms with Crippen LogP contribution >= 0.6 is 0 Å². The molecule has 3 aliphatic rings. The molecule has 1 aromatic rings. The van der Waals surface area contributed by atoms with Gasteiger partial charge in [-0.05, 0) is 44.6 Å². The van der Waals surface area contributed by atoms with Gasteiger partial charge in [0.1, 0.15) is 18.0 Å². The van der Waals surface area contributed by atoms with Crippen molar-refractivity contribution >= 4 is 5.84 Å². The summed E-state index contributed by atoms with van der Waals surface area (Å²) in [5, 5.41) is 3.74. The van der Waals surface area contributed by atoms with E-state index < -0.39 is 0 Å². The molecule has 27 heavy (non-hydrogen) atoms. The molecule has 0 bridgehead atoms. The van der Waals surface area contributed by atoms with Crippen LogP contribution in [0.1, 0.15) is 51.5 Å². The second kappa shape index (κ2) is 8.02. The number of hydrogen-bond donors (Lipinski definition) is 1. The van der Waals surface area contributed by atoms with E-state index in [0.717, 1.165) is 18.2 Å². The van der Waals surface area contributed by atoms with Crippen LogP contribution in [0.4, 0.5) is 0 Å². The molecule has 3 nitrogen and oxygen atoms in total. The summed E-state index contributed by atoms with van der Waals surface area (Å²) in [5.41, 5.74) is 1.00. The Labute approximate surface area is 163 Å². The summed E-state index contributed by atoms with van der Waals surface area (Å²) in [6.07, 6.45) is 15.6. The predicted molar refractivity (Wildman–Crippen MR) is 112 cm³/mol. The molecule has 144 valence electrons. The van der Waals surface area contributed by atoms with E-state index in [1.54, 1.807) is 0 Å². The van der Waals surface area contributed by atoms with Crippen LogP contribution in [-0.4, -0.2) is 24.6 Å². The van der Waals surface area contributed by atoms with E-state index in [-0.39, 0.29) is 11.6 Å². The maximum absolute atomic E-state index is 6.25. The lowest BCUT2D eigenvalue weighted by molar-refractivity contribution is 0.0503. The second-order valence-corrected chi connectivity index (χ2v) is 8.47. The highest BCUT2D eigenvalue weighted by Gasteiger charge is 2.44. The number of rotatable bonds is 6. The van der Waals surface area contributed by atoms with Crippen LogP contribution in [0.15, 0.2) is 59.6 Å². The van der Waals surface area contributed by atoms with Gasteiger partial charge in [-0.25, -0.2) is 0 Å². The normalized spacial score (nSPS) is 31.7. The Bertz CT molecular complexity index is 717. The average Bonchev–Trinajstić information content (AvgIpc) is 3.36. The smallest absolute Gasteiger partial charge is 0.124 e. The van der Waals surface area contributed by atoms with Crippen molar-refractivity contribution in [1.82, 2.24) is 5.32 Å². The Morgan fingerprint density at radius 3 is 2.67 bits per heavy atom. The van der Waals surface area contributed by atoms with Crippen LogP contribution in [0, 0.1) is 11.8 Å². The molecule has 1 saturated carbocycles. The number of allylic oxidation sites excluding steroid dienone is 3. The third-order valence-corrected chi connectivity index (χ3v) is 6.64. The maximum atomic E-state index is 6.25. The molecule has 1 N–H and O–H groups in total. The maximum Gasteiger partial charge on any atom is 0.124 e. The molecule has 0 aromatic heterocycles. The van der Waals surface area contributed by atoms with E-state index in [2.05, 4.69) is 73.8 Å². The molecule has 1 fully saturated rings. The van der Waals surface area contributed by atoms with Crippen molar-refractivity contribution in [2.24, 2.45) is 16.8 Å². The molecule has 1 aromatic carbocycles. The number of benzene rings is 1. The van der Waals surface area contributed by atoms with Gasteiger partial charge in [-0.15, -0.1) is 0 Å². The summed E-state index contributed by atoms with van der Waals surface area (Å²) >= 11 is 0. The first-order valence-corrected chi connectivity index (χ1v) is 10.5. The van der Waals surface area contributed by atoms with E-state index in [1.807, 2.05) is 0 Å². The van der Waals surface area contributed by atoms with Crippen LogP contribution < -0.4 is 5.32 Å². The first kappa shape index (κ1) is 18.5. The van der Waals surface area contributed by atoms with Gasteiger partial charge >= 0.3 is 0 Å². The SMILES string of the molecule is CC(OCC1=N[C@@](C)(c2ccccc2)[C@@H](C2C=CC=CC2)N1)C1CCCC1. The van der Waals surface area contributed by atoms with Crippen LogP contribution in [0.2, 0.25) is 0 Å². The Balaban J connectivity index is 1.51. The summed E-state index contributed by atoms with van der Waals surface area (Å²) in [6, 6.07) is 10.9. The fraction of sp³-hybridized carbons (Fsp3) is 0.542. The van der Waals surface area contributed by atoms with Crippen molar-refractivity contribution in [1.29, 1.82) is 0 Å². The molecule has 1 aliphatic heterocycles. The summed E-state index contributed by atoms with van der Waals surface area (Å²) in [5.74, 6) is 2.16. The van der Waals surface area contributed by atoms with Crippen LogP contribution in [0.3, 0.4) is 0 Å². The van der Waals surface area contributed by atoms with Gasteiger partial charge in [0, 0.05) is 5.92 Å². The minimum Gasteiger partial charge on any atom is -0.370 e. The van der Waals surface area contributed by atoms with Crippen LogP contribution in [0.5, 0.6) is 0 Å². The number of nitrogens with zero attached hydrogens (tertiary/aromatic N) is 1. The Morgan fingerprint density at radius 2 is 1.96 bits per heavy atom. The number of hydrogen-bond acceptors (Lipinski definition) is 3. The highest BCUT2D eigenvalue weighted by Crippen LogP contribution is 2.39. The summed E-state index contributed by atoms with van der Waals surface area (Å²) in [4.78, 5) is 5.17. The molecule has 0 radical (unpaired) electrons. The van der Waals surface area contributed by atoms with Gasteiger partial charge in [-0.1, -0.05) is 67.5 Å². The number of ether oxygens (including phenoxy) is 1. The standard InChI is InChI=1S/C24H32N2O/c1-18(19-11-9-10-12-19)27-17-22-25-23(20-13-5-3-6-14-20)24(2,26-22)21-15-7-4-8-16-21/h3-8,13,15-16,18-20,23H,9-12,14,17H2,1-2H3,(H,25,26)/t18?,20?,23-,24+/m1/s1. The van der Waals surface area contributed by atoms with E-state index in [4.69, 9.17) is 9.73 Å². The third kappa shape index (κ3) is 3.89. The lowest BCUT2D eigenvalue weighted by atomic mass is 9.77. The minimum absolute atomic E-state index is 0.251. The van der Waals surface area contributed by atoms with Crippen molar-refractivity contribution < 1.29 is 4.74 Å². The molecule has 2 aliphatic carbocycles. The highest BCUT2D eigenvalue weighted by molar-refractivity contribution is 5.86. The monoisotopic (exact) mass is 364 g/mol. The predicted octanol–water partition coefficient (Wildman–Crippen LogP) is 5.00. The summed E-state index contributed by atoms with van der Waals surface area (Å²) in [7, 11) is 0. The quantitative estimate of drug-likeness (QED) is 0.771. The zero-order valence-electron chi connectivity index (χ0n) is 16.6. The molecule has 4 rings (SSSR count). The molecule has 0 amide bonds. The van der Waals surface area contributed by atoms with E-state index >= 15 is 0 Å². The fourth-order valence-electron chi connectivity index (χ4n) is 4.94. The lowest BCUT2D eigenvalue weighted by Crippen LogP contribution is -2.46. The Kier molecular flexibility index (Phi) is 5.49. The van der Waals surface area contributed by atoms with Crippen molar-refractivity contribution in [2.75, 3.05) is 6.61 Å². The largest absolute Gasteiger partial charge is 0.370 e. The zero-order chi connectivity index (χ0) is 18.7. The van der Waals surface area contributed by atoms with Gasteiger partial charge in [0.05, 0.1) is 12.1 Å².